The monoisotopic (exact) mass is 240 g/mol. The smallest absolute Gasteiger partial charge is 0.283 e. The van der Waals surface area contributed by atoms with E-state index in [2.05, 4.69) is 10.2 Å². The van der Waals surface area contributed by atoms with E-state index >= 15 is 0 Å². The van der Waals surface area contributed by atoms with Crippen LogP contribution in [0, 0.1) is 4.91 Å². The first-order valence-corrected chi connectivity index (χ1v) is 5.46. The molecule has 0 aliphatic carbocycles. The predicted octanol–water partition coefficient (Wildman–Crippen LogP) is 0.844. The summed E-state index contributed by atoms with van der Waals surface area (Å²) in [6, 6.07) is -1.70. The number of aliphatic imine (C=N–C) groups is 1. The number of imide groups is 1. The van der Waals surface area contributed by atoms with Gasteiger partial charge in [-0.15, -0.1) is 4.91 Å². The molecule has 94 valence electrons. The Morgan fingerprint density at radius 1 is 1.24 bits per heavy atom. The van der Waals surface area contributed by atoms with Gasteiger partial charge < -0.3 is 0 Å². The Morgan fingerprint density at radius 2 is 1.88 bits per heavy atom. The molecule has 7 nitrogen and oxygen atoms in total. The zero-order valence-electron chi connectivity index (χ0n) is 10.2. The Bertz CT molecular complexity index is 367. The van der Waals surface area contributed by atoms with E-state index in [1.54, 1.807) is 0 Å². The Labute approximate surface area is 99.5 Å². The van der Waals surface area contributed by atoms with Crippen LogP contribution in [-0.2, 0) is 4.79 Å². The van der Waals surface area contributed by atoms with E-state index in [4.69, 9.17) is 0 Å². The molecule has 3 amide bonds. The number of amidine groups is 1. The lowest BCUT2D eigenvalue weighted by atomic mass is 10.2. The molecule has 1 aliphatic rings. The molecule has 0 spiro atoms. The number of likely N-dealkylation sites (N-methyl/N-ethyl adjacent to an activating group) is 2. The number of nitroso groups, excluding NO2 is 1. The van der Waals surface area contributed by atoms with Crippen molar-refractivity contribution in [2.24, 2.45) is 10.2 Å². The maximum atomic E-state index is 11.7. The van der Waals surface area contributed by atoms with Crippen LogP contribution in [0.25, 0.3) is 0 Å². The first kappa shape index (κ1) is 13.3. The van der Waals surface area contributed by atoms with Crippen LogP contribution in [0.1, 0.15) is 19.8 Å². The molecule has 0 aromatic heterocycles. The highest BCUT2D eigenvalue weighted by atomic mass is 16.3. The van der Waals surface area contributed by atoms with Gasteiger partial charge in [-0.1, -0.05) is 13.3 Å². The average Bonchev–Trinajstić information content (AvgIpc) is 2.33. The summed E-state index contributed by atoms with van der Waals surface area (Å²) in [6.45, 7) is 2.48. The zero-order valence-corrected chi connectivity index (χ0v) is 10.2. The molecule has 1 rings (SSSR count). The molecule has 17 heavy (non-hydrogen) atoms. The van der Waals surface area contributed by atoms with Gasteiger partial charge in [-0.3, -0.25) is 19.6 Å². The molecule has 1 heterocycles. The number of urea groups is 1. The third-order valence-electron chi connectivity index (χ3n) is 2.62. The van der Waals surface area contributed by atoms with Crippen LogP contribution in [0.2, 0.25) is 0 Å². The molecule has 0 radical (unpaired) electrons. The molecule has 1 saturated heterocycles. The largest absolute Gasteiger partial charge is 0.331 e. The Balaban J connectivity index is 2.98. The van der Waals surface area contributed by atoms with Crippen LogP contribution in [-0.4, -0.2) is 54.3 Å². The molecule has 1 fully saturated rings. The Kier molecular flexibility index (Phi) is 4.30. The van der Waals surface area contributed by atoms with E-state index in [0.717, 1.165) is 17.7 Å². The number of carbonyl (C=O) groups is 2. The van der Waals surface area contributed by atoms with Gasteiger partial charge in [0, 0.05) is 20.6 Å². The highest BCUT2D eigenvalue weighted by Gasteiger charge is 2.41. The van der Waals surface area contributed by atoms with Crippen molar-refractivity contribution in [2.45, 2.75) is 25.8 Å². The zero-order chi connectivity index (χ0) is 13.0. The number of hydrogen-bond donors (Lipinski definition) is 0. The molecular formula is C10H16N4O3. The van der Waals surface area contributed by atoms with Gasteiger partial charge >= 0.3 is 6.03 Å². The van der Waals surface area contributed by atoms with Gasteiger partial charge in [-0.05, 0) is 11.6 Å². The van der Waals surface area contributed by atoms with E-state index in [-0.39, 0.29) is 5.84 Å². The third kappa shape index (κ3) is 2.48. The molecule has 7 heteroatoms. The van der Waals surface area contributed by atoms with Crippen molar-refractivity contribution in [3.63, 3.8) is 0 Å². The van der Waals surface area contributed by atoms with Gasteiger partial charge in [0.25, 0.3) is 5.91 Å². The Hall–Kier alpha value is -1.79. The maximum Gasteiger partial charge on any atom is 0.331 e. The molecular weight excluding hydrogens is 224 g/mol. The first-order valence-electron chi connectivity index (χ1n) is 5.46. The number of carbonyl (C=O) groups excluding carboxylic acids is 2. The summed E-state index contributed by atoms with van der Waals surface area (Å²) in [5, 5.41) is 2.76. The van der Waals surface area contributed by atoms with Crippen molar-refractivity contribution < 1.29 is 9.59 Å². The predicted molar refractivity (Wildman–Crippen MR) is 62.7 cm³/mol. The highest BCUT2D eigenvalue weighted by Crippen LogP contribution is 2.13. The molecule has 1 unspecified atom stereocenters. The van der Waals surface area contributed by atoms with Crippen LogP contribution in [0.5, 0.6) is 0 Å². The molecule has 0 N–H and O–H groups in total. The fourth-order valence-electron chi connectivity index (χ4n) is 1.53. The summed E-state index contributed by atoms with van der Waals surface area (Å²) in [6.07, 6.45) is 1.78. The summed E-state index contributed by atoms with van der Waals surface area (Å²) in [4.78, 5) is 40.2. The van der Waals surface area contributed by atoms with Gasteiger partial charge in [0.2, 0.25) is 6.04 Å². The summed E-state index contributed by atoms with van der Waals surface area (Å²) < 4.78 is 0. The fourth-order valence-corrected chi connectivity index (χ4v) is 1.53. The standard InChI is InChI=1S/C10H16N4O3/c1-4-5-6-11-8-7(12-17)9(15)14(3)10(16)13(8)2/h7H,4-6H2,1-3H3. The molecule has 1 atom stereocenters. The van der Waals surface area contributed by atoms with Crippen molar-refractivity contribution in [3.8, 4) is 0 Å². The molecule has 0 aromatic carbocycles. The summed E-state index contributed by atoms with van der Waals surface area (Å²) in [7, 11) is 2.80. The molecule has 1 aliphatic heterocycles. The summed E-state index contributed by atoms with van der Waals surface area (Å²) in [5.74, 6) is -0.486. The number of unbranched alkanes of at least 4 members (excludes halogenated alkanes) is 1. The minimum absolute atomic E-state index is 0.140. The molecule has 0 bridgehead atoms. The van der Waals surface area contributed by atoms with E-state index in [9.17, 15) is 14.5 Å². The van der Waals surface area contributed by atoms with Gasteiger partial charge in [-0.25, -0.2) is 4.79 Å². The average molecular weight is 240 g/mol. The number of rotatable bonds is 4. The van der Waals surface area contributed by atoms with Gasteiger partial charge in [0.15, 0.2) is 0 Å². The van der Waals surface area contributed by atoms with Crippen LogP contribution in [0.15, 0.2) is 10.2 Å². The van der Waals surface area contributed by atoms with Gasteiger partial charge in [0.05, 0.1) is 0 Å². The van der Waals surface area contributed by atoms with Crippen LogP contribution in [0.3, 0.4) is 0 Å². The third-order valence-corrected chi connectivity index (χ3v) is 2.62. The minimum atomic E-state index is -1.21. The lowest BCUT2D eigenvalue weighted by molar-refractivity contribution is -0.128. The lowest BCUT2D eigenvalue weighted by Crippen LogP contribution is -2.59. The number of amides is 3. The maximum absolute atomic E-state index is 11.7. The summed E-state index contributed by atoms with van der Waals surface area (Å²) >= 11 is 0. The van der Waals surface area contributed by atoms with E-state index in [1.165, 1.54) is 19.0 Å². The molecule has 0 saturated carbocycles. The van der Waals surface area contributed by atoms with Crippen molar-refractivity contribution in [2.75, 3.05) is 20.6 Å². The van der Waals surface area contributed by atoms with Crippen LogP contribution >= 0.6 is 0 Å². The Morgan fingerprint density at radius 3 is 2.41 bits per heavy atom. The minimum Gasteiger partial charge on any atom is -0.283 e. The van der Waals surface area contributed by atoms with Gasteiger partial charge in [-0.2, -0.15) is 0 Å². The van der Waals surface area contributed by atoms with Crippen molar-refractivity contribution in [1.29, 1.82) is 0 Å². The molecule has 0 aromatic rings. The van der Waals surface area contributed by atoms with E-state index in [0.29, 0.717) is 6.54 Å². The fraction of sp³-hybridized carbons (Fsp3) is 0.700. The normalized spacial score (nSPS) is 23.5. The van der Waals surface area contributed by atoms with E-state index < -0.39 is 18.0 Å². The topological polar surface area (TPSA) is 82.4 Å². The van der Waals surface area contributed by atoms with Crippen LogP contribution < -0.4 is 0 Å². The SMILES string of the molecule is CCCCN=C1C(N=O)C(=O)N(C)C(=O)N1C. The second kappa shape index (κ2) is 5.51. The highest BCUT2D eigenvalue weighted by molar-refractivity contribution is 6.20. The van der Waals surface area contributed by atoms with Crippen molar-refractivity contribution in [3.05, 3.63) is 4.91 Å². The second-order valence-corrected chi connectivity index (χ2v) is 3.84. The quantitative estimate of drug-likeness (QED) is 0.539. The van der Waals surface area contributed by atoms with Crippen molar-refractivity contribution in [1.82, 2.24) is 9.80 Å². The van der Waals surface area contributed by atoms with Gasteiger partial charge in [0.1, 0.15) is 5.84 Å². The van der Waals surface area contributed by atoms with Crippen LogP contribution in [0.4, 0.5) is 4.79 Å². The number of hydrogen-bond acceptors (Lipinski definition) is 5. The summed E-state index contributed by atoms with van der Waals surface area (Å²) in [5.41, 5.74) is 0. The first-order chi connectivity index (χ1) is 8.04. The van der Waals surface area contributed by atoms with Crippen molar-refractivity contribution >= 4 is 17.8 Å². The van der Waals surface area contributed by atoms with E-state index in [1.807, 2.05) is 6.92 Å². The lowest BCUT2D eigenvalue weighted by Gasteiger charge is -2.32. The number of nitrogens with zero attached hydrogens (tertiary/aromatic N) is 4. The second-order valence-electron chi connectivity index (χ2n) is 3.84.